The van der Waals surface area contributed by atoms with Gasteiger partial charge in [0.1, 0.15) is 23.8 Å². The van der Waals surface area contributed by atoms with Crippen LogP contribution in [0.25, 0.3) is 11.6 Å². The van der Waals surface area contributed by atoms with Crippen LogP contribution in [0.2, 0.25) is 0 Å². The molecule has 0 saturated carbocycles. The van der Waals surface area contributed by atoms with E-state index in [1.54, 1.807) is 31.2 Å². The van der Waals surface area contributed by atoms with Crippen molar-refractivity contribution >= 4 is 11.8 Å². The maximum absolute atomic E-state index is 13.6. The van der Waals surface area contributed by atoms with E-state index >= 15 is 0 Å². The van der Waals surface area contributed by atoms with Crippen molar-refractivity contribution in [2.24, 2.45) is 0 Å². The Morgan fingerprint density at radius 1 is 1.17 bits per heavy atom. The number of nitrogens with zero attached hydrogens (tertiary/aromatic N) is 5. The lowest BCUT2D eigenvalue weighted by molar-refractivity contribution is -0.144. The summed E-state index contributed by atoms with van der Waals surface area (Å²) in [4.78, 5) is 29.8. The van der Waals surface area contributed by atoms with Crippen molar-refractivity contribution in [1.82, 2.24) is 30.4 Å². The van der Waals surface area contributed by atoms with Gasteiger partial charge in [0.05, 0.1) is 6.10 Å². The van der Waals surface area contributed by atoms with Crippen LogP contribution in [-0.2, 0) is 20.9 Å². The van der Waals surface area contributed by atoms with Gasteiger partial charge in [0.15, 0.2) is 11.8 Å². The molecule has 1 aliphatic rings. The van der Waals surface area contributed by atoms with Crippen molar-refractivity contribution in [2.45, 2.75) is 71.7 Å². The normalized spacial score (nSPS) is 16.9. The quantitative estimate of drug-likeness (QED) is 0.517. The van der Waals surface area contributed by atoms with Crippen LogP contribution < -0.4 is 5.32 Å². The predicted octanol–water partition coefficient (Wildman–Crippen LogP) is 2.81. The van der Waals surface area contributed by atoms with Gasteiger partial charge < -0.3 is 23.8 Å². The van der Waals surface area contributed by atoms with E-state index in [1.807, 2.05) is 27.7 Å². The number of carbonyl (C=O) groups is 2. The summed E-state index contributed by atoms with van der Waals surface area (Å²) in [6.45, 7) is 9.93. The first-order chi connectivity index (χ1) is 16.6. The SMILES string of the molecule is Cc1ccc(-c2nnn(CC(=O)N(C[C@@H]3CCCO3)[C@@H](C(=O)NC(C)(C)C)c3ccc(C)o3)n2)o1. The average Bonchev–Trinajstić information content (AvgIpc) is 3.55. The summed E-state index contributed by atoms with van der Waals surface area (Å²) in [5.41, 5.74) is -0.501. The molecule has 188 valence electrons. The number of furan rings is 2. The Morgan fingerprint density at radius 2 is 1.91 bits per heavy atom. The summed E-state index contributed by atoms with van der Waals surface area (Å²) in [7, 11) is 0. The Morgan fingerprint density at radius 3 is 2.51 bits per heavy atom. The summed E-state index contributed by atoms with van der Waals surface area (Å²) < 4.78 is 17.2. The van der Waals surface area contributed by atoms with Gasteiger partial charge in [-0.1, -0.05) is 0 Å². The first-order valence-corrected chi connectivity index (χ1v) is 11.7. The minimum Gasteiger partial charge on any atom is -0.464 e. The molecule has 3 aromatic rings. The van der Waals surface area contributed by atoms with E-state index in [0.717, 1.165) is 18.6 Å². The highest BCUT2D eigenvalue weighted by molar-refractivity contribution is 5.88. The Kier molecular flexibility index (Phi) is 7.06. The van der Waals surface area contributed by atoms with Gasteiger partial charge in [-0.05, 0) is 76.9 Å². The summed E-state index contributed by atoms with van der Waals surface area (Å²) in [5.74, 6) is 1.80. The number of rotatable bonds is 8. The van der Waals surface area contributed by atoms with Gasteiger partial charge in [-0.2, -0.15) is 4.80 Å². The molecule has 2 amide bonds. The van der Waals surface area contributed by atoms with Gasteiger partial charge in [-0.25, -0.2) is 0 Å². The largest absolute Gasteiger partial charge is 0.464 e. The van der Waals surface area contributed by atoms with E-state index in [2.05, 4.69) is 20.7 Å². The van der Waals surface area contributed by atoms with Crippen LogP contribution in [0.3, 0.4) is 0 Å². The number of aromatic nitrogens is 4. The Hall–Kier alpha value is -3.47. The lowest BCUT2D eigenvalue weighted by Gasteiger charge is -2.33. The minimum absolute atomic E-state index is 0.176. The molecule has 11 heteroatoms. The number of hydrogen-bond acceptors (Lipinski definition) is 8. The van der Waals surface area contributed by atoms with E-state index in [9.17, 15) is 9.59 Å². The molecular weight excluding hydrogens is 452 g/mol. The molecule has 1 fully saturated rings. The van der Waals surface area contributed by atoms with Crippen molar-refractivity contribution in [3.8, 4) is 11.6 Å². The smallest absolute Gasteiger partial charge is 0.251 e. The van der Waals surface area contributed by atoms with Gasteiger partial charge in [-0.15, -0.1) is 10.2 Å². The summed E-state index contributed by atoms with van der Waals surface area (Å²) in [6.07, 6.45) is 1.53. The van der Waals surface area contributed by atoms with Gasteiger partial charge >= 0.3 is 0 Å². The molecule has 0 unspecified atom stereocenters. The second-order valence-electron chi connectivity index (χ2n) is 9.83. The van der Waals surface area contributed by atoms with Gasteiger partial charge in [0, 0.05) is 18.7 Å². The van der Waals surface area contributed by atoms with E-state index in [4.69, 9.17) is 13.6 Å². The molecule has 0 aliphatic carbocycles. The van der Waals surface area contributed by atoms with Gasteiger partial charge in [-0.3, -0.25) is 9.59 Å². The molecule has 0 spiro atoms. The fourth-order valence-electron chi connectivity index (χ4n) is 4.00. The monoisotopic (exact) mass is 484 g/mol. The highest BCUT2D eigenvalue weighted by Gasteiger charge is 2.37. The molecule has 0 aromatic carbocycles. The topological polar surface area (TPSA) is 129 Å². The molecule has 1 saturated heterocycles. The first-order valence-electron chi connectivity index (χ1n) is 11.7. The average molecular weight is 485 g/mol. The molecule has 4 heterocycles. The number of tetrazole rings is 1. The molecule has 1 N–H and O–H groups in total. The molecule has 11 nitrogen and oxygen atoms in total. The molecule has 35 heavy (non-hydrogen) atoms. The van der Waals surface area contributed by atoms with Crippen LogP contribution >= 0.6 is 0 Å². The van der Waals surface area contributed by atoms with Crippen LogP contribution in [0.5, 0.6) is 0 Å². The molecular formula is C24H32N6O5. The zero-order valence-electron chi connectivity index (χ0n) is 20.8. The third-order valence-corrected chi connectivity index (χ3v) is 5.52. The van der Waals surface area contributed by atoms with E-state index in [1.165, 1.54) is 9.70 Å². The molecule has 4 rings (SSSR count). The van der Waals surface area contributed by atoms with Crippen LogP contribution in [0.1, 0.15) is 56.9 Å². The zero-order chi connectivity index (χ0) is 25.2. The van der Waals surface area contributed by atoms with Gasteiger partial charge in [0.2, 0.25) is 11.7 Å². The second-order valence-corrected chi connectivity index (χ2v) is 9.83. The summed E-state index contributed by atoms with van der Waals surface area (Å²) in [6, 6.07) is 6.07. The minimum atomic E-state index is -0.977. The fraction of sp³-hybridized carbons (Fsp3) is 0.542. The number of hydrogen-bond donors (Lipinski definition) is 1. The number of nitrogens with one attached hydrogen (secondary N) is 1. The van der Waals surface area contributed by atoms with Crippen molar-refractivity contribution < 1.29 is 23.2 Å². The highest BCUT2D eigenvalue weighted by Crippen LogP contribution is 2.27. The first kappa shape index (κ1) is 24.6. The predicted molar refractivity (Wildman–Crippen MR) is 125 cm³/mol. The van der Waals surface area contributed by atoms with E-state index < -0.39 is 11.6 Å². The number of amides is 2. The van der Waals surface area contributed by atoms with Crippen LogP contribution in [0, 0.1) is 13.8 Å². The number of aryl methyl sites for hydroxylation is 2. The third-order valence-electron chi connectivity index (χ3n) is 5.52. The number of ether oxygens (including phenoxy) is 1. The van der Waals surface area contributed by atoms with Crippen LogP contribution in [0.15, 0.2) is 33.1 Å². The van der Waals surface area contributed by atoms with Crippen molar-refractivity contribution in [3.63, 3.8) is 0 Å². The molecule has 1 aliphatic heterocycles. The molecule has 0 radical (unpaired) electrons. The van der Waals surface area contributed by atoms with E-state index in [0.29, 0.717) is 23.9 Å². The summed E-state index contributed by atoms with van der Waals surface area (Å²) >= 11 is 0. The lowest BCUT2D eigenvalue weighted by Crippen LogP contribution is -2.51. The highest BCUT2D eigenvalue weighted by atomic mass is 16.5. The fourth-order valence-corrected chi connectivity index (χ4v) is 4.00. The maximum Gasteiger partial charge on any atom is 0.251 e. The zero-order valence-corrected chi connectivity index (χ0v) is 20.8. The van der Waals surface area contributed by atoms with Gasteiger partial charge in [0.25, 0.3) is 5.91 Å². The molecule has 3 aromatic heterocycles. The third kappa shape index (κ3) is 6.16. The summed E-state index contributed by atoms with van der Waals surface area (Å²) in [5, 5.41) is 15.3. The van der Waals surface area contributed by atoms with Crippen molar-refractivity contribution in [1.29, 1.82) is 0 Å². The molecule has 2 atom stereocenters. The standard InChI is InChI=1S/C24H32N6O5/c1-15-8-10-18(34-15)21(23(32)25-24(3,4)5)29(13-17-7-6-12-33-17)20(31)14-30-27-22(26-28-30)19-11-9-16(2)35-19/h8-11,17,21H,6-7,12-14H2,1-5H3,(H,25,32)/t17-,21+/m0/s1. The Labute approximate surface area is 203 Å². The van der Waals surface area contributed by atoms with Crippen molar-refractivity contribution in [2.75, 3.05) is 13.2 Å². The molecule has 0 bridgehead atoms. The second kappa shape index (κ2) is 10.0. The maximum atomic E-state index is 13.6. The van der Waals surface area contributed by atoms with E-state index in [-0.39, 0.29) is 36.8 Å². The van der Waals surface area contributed by atoms with Crippen molar-refractivity contribution in [3.05, 3.63) is 41.5 Å². The van der Waals surface area contributed by atoms with Crippen LogP contribution in [-0.4, -0.2) is 61.7 Å². The lowest BCUT2D eigenvalue weighted by atomic mass is 10.1. The Balaban J connectivity index is 1.62. The Bertz CT molecular complexity index is 1170. The van der Waals surface area contributed by atoms with Crippen LogP contribution in [0.4, 0.5) is 0 Å². The number of carbonyl (C=O) groups excluding carboxylic acids is 2.